The van der Waals surface area contributed by atoms with Crippen molar-refractivity contribution in [3.63, 3.8) is 0 Å². The average molecular weight is 200 g/mol. The second-order valence-corrected chi connectivity index (χ2v) is 3.30. The van der Waals surface area contributed by atoms with E-state index in [0.717, 1.165) is 0 Å². The van der Waals surface area contributed by atoms with E-state index < -0.39 is 20.4 Å². The Bertz CT molecular complexity index is 188. The summed E-state index contributed by atoms with van der Waals surface area (Å²) >= 11 is 0. The minimum absolute atomic E-state index is 0.101. The quantitative estimate of drug-likeness (QED) is 0.490. The monoisotopic (exact) mass is 200 g/mol. The summed E-state index contributed by atoms with van der Waals surface area (Å²) in [6, 6.07) is 0. The molecule has 2 unspecified atom stereocenters. The lowest BCUT2D eigenvalue weighted by Crippen LogP contribution is -2.17. The fourth-order valence-corrected chi connectivity index (χ4v) is 1.15. The maximum absolute atomic E-state index is 10.3. The first kappa shape index (κ1) is 10.1. The largest absolute Gasteiger partial charge is 0.472 e. The Kier molecular flexibility index (Phi) is 3.19. The maximum Gasteiger partial charge on any atom is 0.472 e. The zero-order valence-electron chi connectivity index (χ0n) is 5.99. The molecule has 12 heavy (non-hydrogen) atoms. The minimum Gasteiger partial charge on any atom is -0.391 e. The molecule has 1 aliphatic rings. The molecule has 7 nitrogen and oxygen atoms in total. The summed E-state index contributed by atoms with van der Waals surface area (Å²) in [7, 11) is -4.54. The lowest BCUT2D eigenvalue weighted by atomic mass is 10.7. The van der Waals surface area contributed by atoms with Crippen LogP contribution in [0.15, 0.2) is 0 Å². The first-order valence-corrected chi connectivity index (χ1v) is 4.66. The van der Waals surface area contributed by atoms with Gasteiger partial charge in [-0.15, -0.1) is 0 Å². The third-order valence-electron chi connectivity index (χ3n) is 1.13. The molecule has 0 aromatic heterocycles. The molecule has 0 aromatic carbocycles. The third-order valence-corrected chi connectivity index (χ3v) is 1.64. The van der Waals surface area contributed by atoms with Gasteiger partial charge in [-0.3, -0.25) is 4.52 Å². The normalized spacial score (nSPS) is 30.9. The van der Waals surface area contributed by atoms with Crippen LogP contribution in [0.4, 0.5) is 0 Å². The molecule has 1 fully saturated rings. The molecule has 0 amide bonds. The lowest BCUT2D eigenvalue weighted by Gasteiger charge is -2.10. The summed E-state index contributed by atoms with van der Waals surface area (Å²) in [5.41, 5.74) is 0. The van der Waals surface area contributed by atoms with E-state index in [1.807, 2.05) is 0 Å². The number of aliphatic hydroxyl groups excluding tert-OH is 1. The van der Waals surface area contributed by atoms with Gasteiger partial charge in [-0.1, -0.05) is 0 Å². The predicted molar refractivity (Wildman–Crippen MR) is 34.8 cm³/mol. The molecular weight excluding hydrogens is 191 g/mol. The van der Waals surface area contributed by atoms with E-state index in [9.17, 15) is 4.57 Å². The standard InChI is InChI=1S/C4H9O7P/c5-1-3-9-2-4(10-3)11-12(6,7)8/h3-5H,1-2H2,(H2,6,7,8). The number of phosphoric acid groups is 1. The van der Waals surface area contributed by atoms with Crippen molar-refractivity contribution in [3.05, 3.63) is 0 Å². The number of aliphatic hydroxyl groups is 1. The Morgan fingerprint density at radius 1 is 1.58 bits per heavy atom. The number of rotatable bonds is 3. The van der Waals surface area contributed by atoms with Crippen LogP contribution >= 0.6 is 7.82 Å². The van der Waals surface area contributed by atoms with E-state index in [4.69, 9.17) is 24.4 Å². The highest BCUT2D eigenvalue weighted by atomic mass is 31.2. The van der Waals surface area contributed by atoms with E-state index >= 15 is 0 Å². The number of hydrogen-bond acceptors (Lipinski definition) is 5. The van der Waals surface area contributed by atoms with E-state index in [1.165, 1.54) is 0 Å². The van der Waals surface area contributed by atoms with Gasteiger partial charge in [-0.25, -0.2) is 4.57 Å². The zero-order chi connectivity index (χ0) is 9.19. The smallest absolute Gasteiger partial charge is 0.391 e. The highest BCUT2D eigenvalue weighted by molar-refractivity contribution is 7.46. The topological polar surface area (TPSA) is 105 Å². The Labute approximate surface area is 68.1 Å². The molecule has 1 saturated heterocycles. The molecule has 1 rings (SSSR count). The van der Waals surface area contributed by atoms with Crippen molar-refractivity contribution in [1.82, 2.24) is 0 Å². The van der Waals surface area contributed by atoms with Crippen LogP contribution < -0.4 is 0 Å². The van der Waals surface area contributed by atoms with Gasteiger partial charge in [0.1, 0.15) is 6.61 Å². The van der Waals surface area contributed by atoms with Gasteiger partial charge in [0.15, 0.2) is 12.6 Å². The number of hydrogen-bond donors (Lipinski definition) is 3. The van der Waals surface area contributed by atoms with Crippen LogP contribution in [-0.4, -0.2) is 40.7 Å². The van der Waals surface area contributed by atoms with Gasteiger partial charge in [-0.05, 0) is 0 Å². The molecule has 0 radical (unpaired) electrons. The van der Waals surface area contributed by atoms with Crippen molar-refractivity contribution in [2.24, 2.45) is 0 Å². The van der Waals surface area contributed by atoms with E-state index in [2.05, 4.69) is 4.52 Å². The Morgan fingerprint density at radius 2 is 2.25 bits per heavy atom. The van der Waals surface area contributed by atoms with Gasteiger partial charge in [-0.2, -0.15) is 0 Å². The molecule has 0 bridgehead atoms. The fourth-order valence-electron chi connectivity index (χ4n) is 0.738. The third kappa shape index (κ3) is 3.16. The van der Waals surface area contributed by atoms with Crippen LogP contribution in [0.5, 0.6) is 0 Å². The Balaban J connectivity index is 2.33. The molecular formula is C4H9O7P. The number of ether oxygens (including phenoxy) is 2. The van der Waals surface area contributed by atoms with Crippen LogP contribution in [0, 0.1) is 0 Å². The van der Waals surface area contributed by atoms with Crippen LogP contribution in [0.1, 0.15) is 0 Å². The highest BCUT2D eigenvalue weighted by Gasteiger charge is 2.31. The van der Waals surface area contributed by atoms with Crippen LogP contribution in [0.3, 0.4) is 0 Å². The first-order chi connectivity index (χ1) is 5.51. The molecule has 2 atom stereocenters. The number of phosphoric ester groups is 1. The molecule has 0 aliphatic carbocycles. The van der Waals surface area contributed by atoms with Crippen LogP contribution in [0.2, 0.25) is 0 Å². The maximum atomic E-state index is 10.3. The van der Waals surface area contributed by atoms with Gasteiger partial charge in [0, 0.05) is 0 Å². The van der Waals surface area contributed by atoms with Gasteiger partial charge in [0.25, 0.3) is 0 Å². The molecule has 0 aromatic rings. The molecule has 0 spiro atoms. The van der Waals surface area contributed by atoms with E-state index in [0.29, 0.717) is 0 Å². The average Bonchev–Trinajstić information content (AvgIpc) is 2.32. The fraction of sp³-hybridized carbons (Fsp3) is 1.00. The molecule has 8 heteroatoms. The Morgan fingerprint density at radius 3 is 2.67 bits per heavy atom. The summed E-state index contributed by atoms with van der Waals surface area (Å²) in [6.45, 7) is -0.475. The minimum atomic E-state index is -4.54. The summed E-state index contributed by atoms with van der Waals surface area (Å²) in [5, 5.41) is 8.48. The SMILES string of the molecule is O=P(O)(O)OC1COC(CO)O1. The van der Waals surface area contributed by atoms with E-state index in [1.54, 1.807) is 0 Å². The molecule has 3 N–H and O–H groups in total. The van der Waals surface area contributed by atoms with Crippen molar-refractivity contribution in [2.45, 2.75) is 12.6 Å². The van der Waals surface area contributed by atoms with Gasteiger partial charge in [0.05, 0.1) is 6.61 Å². The van der Waals surface area contributed by atoms with Gasteiger partial charge < -0.3 is 24.4 Å². The summed E-state index contributed by atoms with van der Waals surface area (Å²) in [4.78, 5) is 16.7. The molecule has 1 heterocycles. The molecule has 0 saturated carbocycles. The van der Waals surface area contributed by atoms with E-state index in [-0.39, 0.29) is 13.2 Å². The van der Waals surface area contributed by atoms with Crippen LogP contribution in [-0.2, 0) is 18.6 Å². The predicted octanol–water partition coefficient (Wildman–Crippen LogP) is -1.21. The second-order valence-electron chi connectivity index (χ2n) is 2.11. The van der Waals surface area contributed by atoms with Crippen molar-refractivity contribution in [3.8, 4) is 0 Å². The highest BCUT2D eigenvalue weighted by Crippen LogP contribution is 2.39. The van der Waals surface area contributed by atoms with Crippen LogP contribution in [0.25, 0.3) is 0 Å². The van der Waals surface area contributed by atoms with Gasteiger partial charge >= 0.3 is 7.82 Å². The zero-order valence-corrected chi connectivity index (χ0v) is 6.89. The molecule has 1 aliphatic heterocycles. The summed E-state index contributed by atoms with van der Waals surface area (Å²) in [5.74, 6) is 0. The van der Waals surface area contributed by atoms with Crippen molar-refractivity contribution >= 4 is 7.82 Å². The van der Waals surface area contributed by atoms with Crippen molar-refractivity contribution in [1.29, 1.82) is 0 Å². The van der Waals surface area contributed by atoms with Gasteiger partial charge in [0.2, 0.25) is 0 Å². The second kappa shape index (κ2) is 3.80. The lowest BCUT2D eigenvalue weighted by molar-refractivity contribution is -0.128. The van der Waals surface area contributed by atoms with Crippen molar-refractivity contribution < 1.29 is 33.5 Å². The summed E-state index contributed by atoms with van der Waals surface area (Å²) in [6.07, 6.45) is -1.97. The van der Waals surface area contributed by atoms with Crippen molar-refractivity contribution in [2.75, 3.05) is 13.2 Å². The molecule has 72 valence electrons. The summed E-state index contributed by atoms with van der Waals surface area (Å²) < 4.78 is 23.8. The Hall–Kier alpha value is -0.0100. The first-order valence-electron chi connectivity index (χ1n) is 3.13.